The molecule has 242 valence electrons. The van der Waals surface area contributed by atoms with Gasteiger partial charge in [-0.1, -0.05) is 75.2 Å². The van der Waals surface area contributed by atoms with Crippen molar-refractivity contribution in [3.05, 3.63) is 108 Å². The molecule has 2 heterocycles. The molecule has 0 aliphatic carbocycles. The molecule has 2 aromatic heterocycles. The van der Waals surface area contributed by atoms with E-state index in [0.717, 1.165) is 71.4 Å². The van der Waals surface area contributed by atoms with Crippen molar-refractivity contribution in [3.8, 4) is 11.5 Å². The number of fused-ring (bicyclic) bond motifs is 6. The van der Waals surface area contributed by atoms with E-state index in [4.69, 9.17) is 9.98 Å². The van der Waals surface area contributed by atoms with Gasteiger partial charge in [-0.05, 0) is 75.2 Å². The highest BCUT2D eigenvalue weighted by Crippen LogP contribution is 2.38. The number of aromatic nitrogens is 2. The van der Waals surface area contributed by atoms with E-state index in [0.29, 0.717) is 33.9 Å². The van der Waals surface area contributed by atoms with Crippen LogP contribution in [0.1, 0.15) is 64.5 Å². The van der Waals surface area contributed by atoms with Crippen LogP contribution in [-0.2, 0) is 13.1 Å². The predicted octanol–water partition coefficient (Wildman–Crippen LogP) is 11.2. The number of phenols is 2. The number of hydrogen-bond acceptors (Lipinski definition) is 4. The van der Waals surface area contributed by atoms with E-state index in [-0.39, 0.29) is 11.5 Å². The molecule has 7 rings (SSSR count). The number of aromatic hydroxyl groups is 2. The SMILES string of the molecule is CCCCn1c2ccccc2c2cc(O)c(C(C)=Nc3ccccc3N=C(C)c3cc4c(cc3O)c3ccccc3n4CCCC)cc21. The molecule has 0 aliphatic rings. The molecule has 0 spiro atoms. The Kier molecular flexibility index (Phi) is 8.49. The van der Waals surface area contributed by atoms with Crippen molar-refractivity contribution in [1.29, 1.82) is 0 Å². The summed E-state index contributed by atoms with van der Waals surface area (Å²) in [5, 5.41) is 26.9. The van der Waals surface area contributed by atoms with E-state index in [9.17, 15) is 10.2 Å². The number of unbranched alkanes of at least 4 members (excludes halogenated alkanes) is 2. The lowest BCUT2D eigenvalue weighted by Gasteiger charge is -2.11. The zero-order valence-corrected chi connectivity index (χ0v) is 28.2. The minimum atomic E-state index is 0.205. The molecule has 0 amide bonds. The zero-order chi connectivity index (χ0) is 33.4. The highest BCUT2D eigenvalue weighted by Gasteiger charge is 2.17. The van der Waals surface area contributed by atoms with Gasteiger partial charge in [-0.15, -0.1) is 0 Å². The van der Waals surface area contributed by atoms with Gasteiger partial charge >= 0.3 is 0 Å². The number of para-hydroxylation sites is 4. The first-order chi connectivity index (χ1) is 23.4. The van der Waals surface area contributed by atoms with Crippen LogP contribution in [0.2, 0.25) is 0 Å². The molecule has 0 aliphatic heterocycles. The maximum atomic E-state index is 11.3. The van der Waals surface area contributed by atoms with Gasteiger partial charge in [-0.25, -0.2) is 0 Å². The van der Waals surface area contributed by atoms with Crippen molar-refractivity contribution in [3.63, 3.8) is 0 Å². The predicted molar refractivity (Wildman–Crippen MR) is 202 cm³/mol. The van der Waals surface area contributed by atoms with Crippen LogP contribution in [0, 0.1) is 0 Å². The summed E-state index contributed by atoms with van der Waals surface area (Å²) < 4.78 is 4.72. The van der Waals surface area contributed by atoms with Crippen LogP contribution in [0.15, 0.2) is 107 Å². The maximum Gasteiger partial charge on any atom is 0.125 e. The van der Waals surface area contributed by atoms with Crippen LogP contribution >= 0.6 is 0 Å². The molecule has 7 aromatic rings. The summed E-state index contributed by atoms with van der Waals surface area (Å²) in [6.45, 7) is 10.1. The van der Waals surface area contributed by atoms with Gasteiger partial charge in [-0.2, -0.15) is 0 Å². The van der Waals surface area contributed by atoms with Gasteiger partial charge in [0.25, 0.3) is 0 Å². The first kappa shape index (κ1) is 31.3. The normalized spacial score (nSPS) is 12.7. The highest BCUT2D eigenvalue weighted by atomic mass is 16.3. The van der Waals surface area contributed by atoms with Crippen molar-refractivity contribution >= 4 is 66.4 Å². The minimum absolute atomic E-state index is 0.205. The number of aryl methyl sites for hydroxylation is 2. The molecule has 0 atom stereocenters. The molecular formula is C42H42N4O2. The van der Waals surface area contributed by atoms with Gasteiger partial charge in [0.1, 0.15) is 11.5 Å². The van der Waals surface area contributed by atoms with Crippen LogP contribution in [0.3, 0.4) is 0 Å². The molecule has 0 unspecified atom stereocenters. The maximum absolute atomic E-state index is 11.3. The fourth-order valence-corrected chi connectivity index (χ4v) is 6.99. The van der Waals surface area contributed by atoms with E-state index in [1.54, 1.807) is 0 Å². The van der Waals surface area contributed by atoms with Gasteiger partial charge in [0.15, 0.2) is 0 Å². The standard InChI is InChI=1S/C42H42N4O2/c1-5-7-21-45-37-19-13-9-15-29(37)33-25-41(47)31(23-39(33)45)27(3)43-35-17-11-12-18-36(35)44-28(4)32-24-40-34(26-42(32)48)30-16-10-14-20-38(30)46(40)22-8-6-2/h9-20,23-26,47-48H,5-8,21-22H2,1-4H3. The monoisotopic (exact) mass is 634 g/mol. The molecule has 0 fully saturated rings. The molecule has 0 radical (unpaired) electrons. The third-order valence-electron chi connectivity index (χ3n) is 9.49. The van der Waals surface area contributed by atoms with Crippen molar-refractivity contribution in [1.82, 2.24) is 9.13 Å². The summed E-state index contributed by atoms with van der Waals surface area (Å²) in [5.74, 6) is 0.409. The number of hydrogen-bond donors (Lipinski definition) is 2. The summed E-state index contributed by atoms with van der Waals surface area (Å²) in [7, 11) is 0. The lowest BCUT2D eigenvalue weighted by Crippen LogP contribution is -2.00. The third-order valence-corrected chi connectivity index (χ3v) is 9.49. The highest BCUT2D eigenvalue weighted by molar-refractivity contribution is 6.14. The Labute approximate surface area is 281 Å². The molecular weight excluding hydrogens is 592 g/mol. The quantitative estimate of drug-likeness (QED) is 0.147. The lowest BCUT2D eigenvalue weighted by atomic mass is 10.1. The van der Waals surface area contributed by atoms with Crippen molar-refractivity contribution in [2.24, 2.45) is 9.98 Å². The molecule has 48 heavy (non-hydrogen) atoms. The molecule has 5 aromatic carbocycles. The number of aliphatic imine (C=N–C) groups is 2. The number of benzene rings is 5. The second-order valence-corrected chi connectivity index (χ2v) is 12.7. The number of rotatable bonds is 10. The second-order valence-electron chi connectivity index (χ2n) is 12.7. The van der Waals surface area contributed by atoms with E-state index in [2.05, 4.69) is 71.5 Å². The van der Waals surface area contributed by atoms with Crippen LogP contribution in [-0.4, -0.2) is 30.8 Å². The smallest absolute Gasteiger partial charge is 0.125 e. The van der Waals surface area contributed by atoms with Crippen molar-refractivity contribution < 1.29 is 10.2 Å². The third kappa shape index (κ3) is 5.51. The first-order valence-electron chi connectivity index (χ1n) is 17.1. The Morgan fingerprint density at radius 1 is 0.521 bits per heavy atom. The molecule has 0 bridgehead atoms. The Balaban J connectivity index is 1.30. The summed E-state index contributed by atoms with van der Waals surface area (Å²) in [5.41, 5.74) is 8.72. The summed E-state index contributed by atoms with van der Waals surface area (Å²) in [6.07, 6.45) is 4.35. The van der Waals surface area contributed by atoms with Gasteiger partial charge in [0.2, 0.25) is 0 Å². The topological polar surface area (TPSA) is 75.0 Å². The van der Waals surface area contributed by atoms with Crippen LogP contribution in [0.25, 0.3) is 43.6 Å². The largest absolute Gasteiger partial charge is 0.507 e. The van der Waals surface area contributed by atoms with Gasteiger partial charge in [-0.3, -0.25) is 9.98 Å². The van der Waals surface area contributed by atoms with Crippen LogP contribution in [0.4, 0.5) is 11.4 Å². The van der Waals surface area contributed by atoms with Gasteiger partial charge in [0, 0.05) is 68.2 Å². The minimum Gasteiger partial charge on any atom is -0.507 e. The summed E-state index contributed by atoms with van der Waals surface area (Å²) in [4.78, 5) is 10.0. The number of phenolic OH excluding ortho intramolecular Hbond substituents is 2. The average Bonchev–Trinajstić information content (AvgIpc) is 3.57. The van der Waals surface area contributed by atoms with E-state index in [1.165, 1.54) is 11.0 Å². The Bertz CT molecular complexity index is 2210. The van der Waals surface area contributed by atoms with E-state index >= 15 is 0 Å². The van der Waals surface area contributed by atoms with Gasteiger partial charge < -0.3 is 19.3 Å². The fourth-order valence-electron chi connectivity index (χ4n) is 6.99. The summed E-state index contributed by atoms with van der Waals surface area (Å²) >= 11 is 0. The van der Waals surface area contributed by atoms with Crippen LogP contribution < -0.4 is 0 Å². The Morgan fingerprint density at radius 3 is 1.33 bits per heavy atom. The number of nitrogens with zero attached hydrogens (tertiary/aromatic N) is 4. The van der Waals surface area contributed by atoms with Crippen molar-refractivity contribution in [2.45, 2.75) is 66.5 Å². The van der Waals surface area contributed by atoms with Gasteiger partial charge in [0.05, 0.1) is 22.4 Å². The second kappa shape index (κ2) is 13.0. The molecule has 0 saturated heterocycles. The molecule has 6 nitrogen and oxygen atoms in total. The zero-order valence-electron chi connectivity index (χ0n) is 28.2. The molecule has 6 heteroatoms. The van der Waals surface area contributed by atoms with Crippen LogP contribution in [0.5, 0.6) is 11.5 Å². The molecule has 2 N–H and O–H groups in total. The summed E-state index contributed by atoms with van der Waals surface area (Å²) in [6, 6.07) is 32.5. The van der Waals surface area contributed by atoms with Crippen molar-refractivity contribution in [2.75, 3.05) is 0 Å². The Morgan fingerprint density at radius 2 is 0.917 bits per heavy atom. The fraction of sp³-hybridized carbons (Fsp3) is 0.238. The first-order valence-corrected chi connectivity index (χ1v) is 17.1. The van der Waals surface area contributed by atoms with E-state index in [1.807, 2.05) is 62.4 Å². The Hall–Kier alpha value is -5.36. The molecule has 0 saturated carbocycles. The van der Waals surface area contributed by atoms with E-state index < -0.39 is 0 Å². The lowest BCUT2D eigenvalue weighted by molar-refractivity contribution is 0.474. The average molecular weight is 635 g/mol.